The molecule has 0 saturated heterocycles. The van der Waals surface area contributed by atoms with Crippen LogP contribution < -0.4 is 4.74 Å². The summed E-state index contributed by atoms with van der Waals surface area (Å²) in [5.74, 6) is 0.115. The zero-order valence-electron chi connectivity index (χ0n) is 24.5. The van der Waals surface area contributed by atoms with E-state index >= 15 is 0 Å². The second kappa shape index (κ2) is 14.7. The Labute approximate surface area is 243 Å². The summed E-state index contributed by atoms with van der Waals surface area (Å²) in [5.41, 5.74) is 6.60. The smallest absolute Gasteiger partial charge is 0.310 e. The van der Waals surface area contributed by atoms with Crippen molar-refractivity contribution < 1.29 is 19.1 Å². The van der Waals surface area contributed by atoms with Crippen molar-refractivity contribution in [2.24, 2.45) is 0 Å². The number of benzene rings is 2. The summed E-state index contributed by atoms with van der Waals surface area (Å²) < 4.78 is 12.6. The predicted octanol–water partition coefficient (Wildman–Crippen LogP) is 8.81. The molecule has 0 aliphatic heterocycles. The highest BCUT2D eigenvalue weighted by molar-refractivity contribution is 6.30. The fourth-order valence-electron chi connectivity index (χ4n) is 4.61. The van der Waals surface area contributed by atoms with Crippen LogP contribution in [0.15, 0.2) is 77.4 Å². The molecule has 0 radical (unpaired) electrons. The lowest BCUT2D eigenvalue weighted by atomic mass is 10.1. The Hall–Kier alpha value is -3.57. The number of fused-ring (bicyclic) bond motifs is 1. The molecule has 6 heteroatoms. The van der Waals surface area contributed by atoms with E-state index in [-0.39, 0.29) is 24.9 Å². The lowest BCUT2D eigenvalue weighted by Crippen LogP contribution is -2.14. The molecular formula is C34H40ClNO4. The molecule has 0 spiro atoms. The van der Waals surface area contributed by atoms with Gasteiger partial charge < -0.3 is 9.47 Å². The summed E-state index contributed by atoms with van der Waals surface area (Å²) in [5, 5.41) is 1.35. The molecule has 3 rings (SSSR count). The van der Waals surface area contributed by atoms with Crippen molar-refractivity contribution in [1.82, 2.24) is 4.57 Å². The Bertz CT molecular complexity index is 1440. The standard InChI is InChI=1S/C34H40ClNO4/c1-23(2)9-7-10-24(3)11-8-12-25(4)19-20-40-33(37)22-30-26(5)36(32-18-17-29(39-6)21-31(30)32)34(38)27-13-15-28(35)16-14-27/h9,11,13-19,21H,7-8,10,12,20,22H2,1-6H3/b24-11+,25-19?. The maximum atomic E-state index is 13.5. The Morgan fingerprint density at radius 1 is 0.900 bits per heavy atom. The van der Waals surface area contributed by atoms with Crippen LogP contribution in [-0.2, 0) is 16.0 Å². The summed E-state index contributed by atoms with van der Waals surface area (Å²) in [7, 11) is 1.59. The molecule has 40 heavy (non-hydrogen) atoms. The number of carbonyl (C=O) groups is 2. The van der Waals surface area contributed by atoms with E-state index in [1.54, 1.807) is 35.9 Å². The van der Waals surface area contributed by atoms with Gasteiger partial charge in [-0.05, 0) is 114 Å². The third-order valence-electron chi connectivity index (χ3n) is 6.96. The Kier molecular flexibility index (Phi) is 11.4. The number of rotatable bonds is 12. The van der Waals surface area contributed by atoms with Crippen molar-refractivity contribution in [2.75, 3.05) is 13.7 Å². The average Bonchev–Trinajstić information content (AvgIpc) is 3.18. The van der Waals surface area contributed by atoms with Crippen molar-refractivity contribution in [3.05, 3.63) is 99.3 Å². The number of esters is 1. The summed E-state index contributed by atoms with van der Waals surface area (Å²) in [6.07, 6.45) is 10.6. The first kappa shape index (κ1) is 31.0. The van der Waals surface area contributed by atoms with E-state index in [1.807, 2.05) is 31.2 Å². The number of hydrogen-bond acceptors (Lipinski definition) is 4. The third kappa shape index (κ3) is 8.46. The van der Waals surface area contributed by atoms with Gasteiger partial charge in [0.25, 0.3) is 5.91 Å². The fourth-order valence-corrected chi connectivity index (χ4v) is 4.73. The second-order valence-corrected chi connectivity index (χ2v) is 10.9. The first-order valence-electron chi connectivity index (χ1n) is 13.7. The maximum Gasteiger partial charge on any atom is 0.310 e. The Balaban J connectivity index is 1.68. The number of hydrogen-bond donors (Lipinski definition) is 0. The van der Waals surface area contributed by atoms with Crippen LogP contribution in [0.25, 0.3) is 10.9 Å². The van der Waals surface area contributed by atoms with Gasteiger partial charge in [0.1, 0.15) is 12.4 Å². The molecule has 0 aliphatic rings. The molecule has 0 saturated carbocycles. The predicted molar refractivity (Wildman–Crippen MR) is 164 cm³/mol. The minimum atomic E-state index is -0.344. The van der Waals surface area contributed by atoms with E-state index in [9.17, 15) is 9.59 Å². The van der Waals surface area contributed by atoms with Crippen molar-refractivity contribution in [1.29, 1.82) is 0 Å². The van der Waals surface area contributed by atoms with Gasteiger partial charge in [-0.15, -0.1) is 0 Å². The number of ether oxygens (including phenoxy) is 2. The van der Waals surface area contributed by atoms with E-state index in [1.165, 1.54) is 16.7 Å². The SMILES string of the molecule is COc1ccc2c(c1)c(CC(=O)OCC=C(C)CC/C=C(\C)CCC=C(C)C)c(C)n2C(=O)c1ccc(Cl)cc1. The molecular weight excluding hydrogens is 522 g/mol. The fraction of sp³-hybridized carbons (Fsp3) is 0.353. The van der Waals surface area contributed by atoms with Gasteiger partial charge in [-0.2, -0.15) is 0 Å². The molecule has 3 aromatic rings. The molecule has 212 valence electrons. The number of halogens is 1. The first-order valence-corrected chi connectivity index (χ1v) is 14.1. The van der Waals surface area contributed by atoms with Crippen LogP contribution in [0.1, 0.15) is 75.0 Å². The van der Waals surface area contributed by atoms with Gasteiger partial charge in [-0.3, -0.25) is 14.2 Å². The van der Waals surface area contributed by atoms with Gasteiger partial charge in [0, 0.05) is 21.7 Å². The van der Waals surface area contributed by atoms with E-state index < -0.39 is 0 Å². The lowest BCUT2D eigenvalue weighted by Gasteiger charge is -2.08. The van der Waals surface area contributed by atoms with Gasteiger partial charge in [-0.25, -0.2) is 0 Å². The molecule has 5 nitrogen and oxygen atoms in total. The summed E-state index contributed by atoms with van der Waals surface area (Å²) in [6.45, 7) is 10.6. The van der Waals surface area contributed by atoms with Crippen molar-refractivity contribution in [3.8, 4) is 5.75 Å². The topological polar surface area (TPSA) is 57.5 Å². The van der Waals surface area contributed by atoms with Crippen LogP contribution in [0.2, 0.25) is 5.02 Å². The van der Waals surface area contributed by atoms with Crippen LogP contribution >= 0.6 is 11.6 Å². The lowest BCUT2D eigenvalue weighted by molar-refractivity contribution is -0.141. The summed E-state index contributed by atoms with van der Waals surface area (Å²) >= 11 is 6.02. The summed E-state index contributed by atoms with van der Waals surface area (Å²) in [6, 6.07) is 12.3. The van der Waals surface area contributed by atoms with Crippen LogP contribution in [0.5, 0.6) is 5.75 Å². The number of carbonyl (C=O) groups excluding carboxylic acids is 2. The highest BCUT2D eigenvalue weighted by Crippen LogP contribution is 2.31. The molecule has 0 atom stereocenters. The van der Waals surface area contributed by atoms with Crippen molar-refractivity contribution >= 4 is 34.4 Å². The third-order valence-corrected chi connectivity index (χ3v) is 7.21. The Morgan fingerprint density at radius 3 is 2.20 bits per heavy atom. The number of methoxy groups -OCH3 is 1. The molecule has 0 fully saturated rings. The molecule has 0 bridgehead atoms. The first-order chi connectivity index (χ1) is 19.1. The summed E-state index contributed by atoms with van der Waals surface area (Å²) in [4.78, 5) is 26.3. The minimum absolute atomic E-state index is 0.0525. The van der Waals surface area contributed by atoms with Gasteiger partial charge in [0.2, 0.25) is 0 Å². The van der Waals surface area contributed by atoms with E-state index in [2.05, 4.69) is 39.8 Å². The van der Waals surface area contributed by atoms with Crippen molar-refractivity contribution in [3.63, 3.8) is 0 Å². The zero-order valence-corrected chi connectivity index (χ0v) is 25.2. The van der Waals surface area contributed by atoms with Crippen LogP contribution in [0.4, 0.5) is 0 Å². The minimum Gasteiger partial charge on any atom is -0.497 e. The van der Waals surface area contributed by atoms with E-state index in [0.29, 0.717) is 27.5 Å². The molecule has 0 unspecified atom stereocenters. The molecule has 1 aromatic heterocycles. The highest BCUT2D eigenvalue weighted by atomic mass is 35.5. The van der Waals surface area contributed by atoms with Crippen LogP contribution in [0, 0.1) is 6.92 Å². The molecule has 2 aromatic carbocycles. The highest BCUT2D eigenvalue weighted by Gasteiger charge is 2.22. The van der Waals surface area contributed by atoms with Crippen molar-refractivity contribution in [2.45, 2.75) is 66.7 Å². The molecule has 0 amide bonds. The average molecular weight is 562 g/mol. The number of aromatic nitrogens is 1. The quantitative estimate of drug-likeness (QED) is 0.164. The normalized spacial score (nSPS) is 12.0. The molecule has 0 aliphatic carbocycles. The largest absolute Gasteiger partial charge is 0.497 e. The second-order valence-electron chi connectivity index (χ2n) is 10.4. The zero-order chi connectivity index (χ0) is 29.2. The maximum absolute atomic E-state index is 13.5. The van der Waals surface area contributed by atoms with Gasteiger partial charge in [0.05, 0.1) is 19.0 Å². The van der Waals surface area contributed by atoms with Gasteiger partial charge >= 0.3 is 5.97 Å². The van der Waals surface area contributed by atoms with Crippen LogP contribution in [-0.4, -0.2) is 30.2 Å². The molecule has 1 heterocycles. The van der Waals surface area contributed by atoms with Crippen LogP contribution in [0.3, 0.4) is 0 Å². The number of allylic oxidation sites excluding steroid dienone is 5. The number of nitrogens with zero attached hydrogens (tertiary/aromatic N) is 1. The van der Waals surface area contributed by atoms with E-state index in [0.717, 1.165) is 36.6 Å². The van der Waals surface area contributed by atoms with Gasteiger partial charge in [0.15, 0.2) is 0 Å². The molecule has 0 N–H and O–H groups in total. The van der Waals surface area contributed by atoms with E-state index in [4.69, 9.17) is 21.1 Å². The van der Waals surface area contributed by atoms with Gasteiger partial charge in [-0.1, -0.05) is 40.5 Å². The Morgan fingerprint density at radius 2 is 1.55 bits per heavy atom. The monoisotopic (exact) mass is 561 g/mol.